The summed E-state index contributed by atoms with van der Waals surface area (Å²) < 4.78 is 0. The van der Waals surface area contributed by atoms with Crippen LogP contribution >= 0.6 is 23.2 Å². The predicted molar refractivity (Wildman–Crippen MR) is 85.5 cm³/mol. The molecule has 0 saturated heterocycles. The van der Waals surface area contributed by atoms with E-state index in [1.807, 2.05) is 44.1 Å². The summed E-state index contributed by atoms with van der Waals surface area (Å²) in [6.45, 7) is 2.00. The molecule has 1 aromatic heterocycles. The quantitative estimate of drug-likeness (QED) is 0.939. The van der Waals surface area contributed by atoms with Gasteiger partial charge in [0, 0.05) is 25.5 Å². The van der Waals surface area contributed by atoms with Gasteiger partial charge in [0.05, 0.1) is 5.56 Å². The van der Waals surface area contributed by atoms with E-state index in [-0.39, 0.29) is 21.8 Å². The number of carbonyl (C=O) groups excluding carboxylic acids is 1. The highest BCUT2D eigenvalue weighted by molar-refractivity contribution is 6.34. The second kappa shape index (κ2) is 6.28. The molecule has 2 aromatic rings. The van der Waals surface area contributed by atoms with Crippen LogP contribution in [0.25, 0.3) is 0 Å². The van der Waals surface area contributed by atoms with Crippen molar-refractivity contribution < 1.29 is 4.79 Å². The molecule has 1 aromatic carbocycles. The van der Waals surface area contributed by atoms with Crippen LogP contribution in [0, 0.1) is 6.92 Å². The number of rotatable bonds is 3. The number of benzene rings is 1. The van der Waals surface area contributed by atoms with Gasteiger partial charge in [0.1, 0.15) is 0 Å². The SMILES string of the molecule is Cc1ccc(NC(=O)c2cc(Cl)nnc2Cl)cc1N(C)C. The lowest BCUT2D eigenvalue weighted by molar-refractivity contribution is 0.102. The van der Waals surface area contributed by atoms with E-state index >= 15 is 0 Å². The molecule has 0 radical (unpaired) electrons. The Morgan fingerprint density at radius 3 is 2.57 bits per heavy atom. The summed E-state index contributed by atoms with van der Waals surface area (Å²) in [6.07, 6.45) is 0. The highest BCUT2D eigenvalue weighted by Crippen LogP contribution is 2.24. The minimum Gasteiger partial charge on any atom is -0.377 e. The first-order valence-corrected chi connectivity index (χ1v) is 6.92. The molecule has 0 aliphatic rings. The van der Waals surface area contributed by atoms with Gasteiger partial charge in [0.15, 0.2) is 10.3 Å². The first-order valence-electron chi connectivity index (χ1n) is 6.16. The molecule has 5 nitrogen and oxygen atoms in total. The van der Waals surface area contributed by atoms with E-state index in [0.717, 1.165) is 11.3 Å². The molecule has 0 spiro atoms. The average molecular weight is 325 g/mol. The van der Waals surface area contributed by atoms with E-state index in [1.54, 1.807) is 0 Å². The Kier molecular flexibility index (Phi) is 4.65. The number of halogens is 2. The minimum atomic E-state index is -0.384. The monoisotopic (exact) mass is 324 g/mol. The molecule has 0 bridgehead atoms. The van der Waals surface area contributed by atoms with Crippen molar-refractivity contribution in [2.24, 2.45) is 0 Å². The van der Waals surface area contributed by atoms with E-state index in [0.29, 0.717) is 5.69 Å². The van der Waals surface area contributed by atoms with Crippen LogP contribution in [0.3, 0.4) is 0 Å². The molecule has 0 aliphatic heterocycles. The maximum absolute atomic E-state index is 12.2. The fourth-order valence-electron chi connectivity index (χ4n) is 1.88. The summed E-state index contributed by atoms with van der Waals surface area (Å²) in [5.41, 5.74) is 2.98. The molecule has 0 saturated carbocycles. The Morgan fingerprint density at radius 1 is 1.19 bits per heavy atom. The first kappa shape index (κ1) is 15.5. The van der Waals surface area contributed by atoms with Crippen molar-refractivity contribution in [3.63, 3.8) is 0 Å². The van der Waals surface area contributed by atoms with Crippen LogP contribution in [-0.4, -0.2) is 30.2 Å². The maximum atomic E-state index is 12.2. The van der Waals surface area contributed by atoms with Crippen molar-refractivity contribution in [1.29, 1.82) is 0 Å². The van der Waals surface area contributed by atoms with Gasteiger partial charge < -0.3 is 10.2 Å². The normalized spacial score (nSPS) is 10.3. The number of anilines is 2. The topological polar surface area (TPSA) is 58.1 Å². The Morgan fingerprint density at radius 2 is 1.90 bits per heavy atom. The first-order chi connectivity index (χ1) is 9.88. The van der Waals surface area contributed by atoms with E-state index in [9.17, 15) is 4.79 Å². The van der Waals surface area contributed by atoms with Gasteiger partial charge in [0.25, 0.3) is 5.91 Å². The zero-order valence-corrected chi connectivity index (χ0v) is 13.3. The number of nitrogens with one attached hydrogen (secondary N) is 1. The molecule has 110 valence electrons. The lowest BCUT2D eigenvalue weighted by atomic mass is 10.1. The Hall–Kier alpha value is -1.85. The summed E-state index contributed by atoms with van der Waals surface area (Å²) in [5, 5.41) is 10.1. The van der Waals surface area contributed by atoms with Gasteiger partial charge in [-0.15, -0.1) is 10.2 Å². The van der Waals surface area contributed by atoms with Crippen LogP contribution < -0.4 is 10.2 Å². The third-order valence-corrected chi connectivity index (χ3v) is 3.38. The number of hydrogen-bond acceptors (Lipinski definition) is 4. The number of aryl methyl sites for hydroxylation is 1. The standard InChI is InChI=1S/C14H14Cl2N4O/c1-8-4-5-9(6-11(8)20(2)3)17-14(21)10-7-12(15)18-19-13(10)16/h4-7H,1-3H3,(H,17,21). The minimum absolute atomic E-state index is 0.0110. The van der Waals surface area contributed by atoms with Crippen LogP contribution in [0.1, 0.15) is 15.9 Å². The average Bonchev–Trinajstić information content (AvgIpc) is 2.43. The maximum Gasteiger partial charge on any atom is 0.258 e. The van der Waals surface area contributed by atoms with Crippen LogP contribution in [0.15, 0.2) is 24.3 Å². The predicted octanol–water partition coefficient (Wildman–Crippen LogP) is 3.41. The van der Waals surface area contributed by atoms with Gasteiger partial charge >= 0.3 is 0 Å². The number of amides is 1. The van der Waals surface area contributed by atoms with Crippen molar-refractivity contribution in [3.05, 3.63) is 45.7 Å². The van der Waals surface area contributed by atoms with Gasteiger partial charge in [-0.1, -0.05) is 29.3 Å². The fourth-order valence-corrected chi connectivity index (χ4v) is 2.20. The lowest BCUT2D eigenvalue weighted by Gasteiger charge is -2.17. The molecule has 7 heteroatoms. The van der Waals surface area contributed by atoms with Crippen LogP contribution in [0.2, 0.25) is 10.3 Å². The molecule has 0 aliphatic carbocycles. The summed E-state index contributed by atoms with van der Waals surface area (Å²) in [7, 11) is 3.88. The number of hydrogen-bond donors (Lipinski definition) is 1. The lowest BCUT2D eigenvalue weighted by Crippen LogP contribution is -2.15. The molecule has 1 heterocycles. The molecule has 0 fully saturated rings. The van der Waals surface area contributed by atoms with Gasteiger partial charge in [-0.25, -0.2) is 0 Å². The van der Waals surface area contributed by atoms with Crippen molar-refractivity contribution in [2.45, 2.75) is 6.92 Å². The summed E-state index contributed by atoms with van der Waals surface area (Å²) >= 11 is 11.6. The van der Waals surface area contributed by atoms with Crippen LogP contribution in [0.4, 0.5) is 11.4 Å². The Balaban J connectivity index is 2.27. The smallest absolute Gasteiger partial charge is 0.258 e. The van der Waals surface area contributed by atoms with Crippen molar-refractivity contribution in [3.8, 4) is 0 Å². The van der Waals surface area contributed by atoms with E-state index in [4.69, 9.17) is 23.2 Å². The molecule has 1 amide bonds. The van der Waals surface area contributed by atoms with Crippen molar-refractivity contribution in [2.75, 3.05) is 24.3 Å². The molecule has 21 heavy (non-hydrogen) atoms. The summed E-state index contributed by atoms with van der Waals surface area (Å²) in [5.74, 6) is -0.384. The largest absolute Gasteiger partial charge is 0.377 e. The van der Waals surface area contributed by atoms with Crippen molar-refractivity contribution >= 4 is 40.5 Å². The molecule has 0 unspecified atom stereocenters. The summed E-state index contributed by atoms with van der Waals surface area (Å²) in [6, 6.07) is 7.03. The zero-order valence-electron chi connectivity index (χ0n) is 11.8. The molecular formula is C14H14Cl2N4O. The molecule has 2 rings (SSSR count). The van der Waals surface area contributed by atoms with Crippen LogP contribution in [0.5, 0.6) is 0 Å². The fraction of sp³-hybridized carbons (Fsp3) is 0.214. The highest BCUT2D eigenvalue weighted by Gasteiger charge is 2.14. The van der Waals surface area contributed by atoms with Crippen molar-refractivity contribution in [1.82, 2.24) is 10.2 Å². The van der Waals surface area contributed by atoms with Gasteiger partial charge in [-0.2, -0.15) is 0 Å². The van der Waals surface area contributed by atoms with E-state index in [1.165, 1.54) is 6.07 Å². The second-order valence-corrected chi connectivity index (χ2v) is 5.47. The third-order valence-electron chi connectivity index (χ3n) is 2.91. The van der Waals surface area contributed by atoms with Crippen LogP contribution in [-0.2, 0) is 0 Å². The van der Waals surface area contributed by atoms with Gasteiger partial charge in [-0.3, -0.25) is 4.79 Å². The Labute approximate surface area is 132 Å². The van der Waals surface area contributed by atoms with E-state index in [2.05, 4.69) is 15.5 Å². The zero-order chi connectivity index (χ0) is 15.6. The van der Waals surface area contributed by atoms with E-state index < -0.39 is 0 Å². The molecule has 1 N–H and O–H groups in total. The summed E-state index contributed by atoms with van der Waals surface area (Å²) in [4.78, 5) is 14.2. The van der Waals surface area contributed by atoms with Gasteiger partial charge in [-0.05, 0) is 30.7 Å². The molecule has 0 atom stereocenters. The number of nitrogens with zero attached hydrogens (tertiary/aromatic N) is 3. The number of aromatic nitrogens is 2. The molecular weight excluding hydrogens is 311 g/mol. The third kappa shape index (κ3) is 3.62. The Bertz CT molecular complexity index is 689. The second-order valence-electron chi connectivity index (χ2n) is 4.72. The highest BCUT2D eigenvalue weighted by atomic mass is 35.5. The van der Waals surface area contributed by atoms with Gasteiger partial charge in [0.2, 0.25) is 0 Å². The number of carbonyl (C=O) groups is 1.